The average molecular weight is 301 g/mol. The average Bonchev–Trinajstić information content (AvgIpc) is 2.84. The van der Waals surface area contributed by atoms with E-state index in [9.17, 15) is 8.42 Å². The van der Waals surface area contributed by atoms with Gasteiger partial charge in [-0.2, -0.15) is 0 Å². The number of hydrogen-bond donors (Lipinski definition) is 3. The van der Waals surface area contributed by atoms with Crippen LogP contribution < -0.4 is 10.5 Å². The van der Waals surface area contributed by atoms with Gasteiger partial charge in [0.15, 0.2) is 0 Å². The van der Waals surface area contributed by atoms with Gasteiger partial charge < -0.3 is 10.7 Å². The van der Waals surface area contributed by atoms with Crippen molar-refractivity contribution in [2.45, 2.75) is 18.4 Å². The van der Waals surface area contributed by atoms with Crippen molar-refractivity contribution in [3.8, 4) is 0 Å². The first-order valence-electron chi connectivity index (χ1n) is 5.43. The van der Waals surface area contributed by atoms with Crippen molar-refractivity contribution in [1.29, 1.82) is 0 Å². The molecule has 8 heteroatoms. The highest BCUT2D eigenvalue weighted by atomic mass is 35.5. The number of nitrogen functional groups attached to an aromatic ring is 1. The molecule has 0 unspecified atom stereocenters. The summed E-state index contributed by atoms with van der Waals surface area (Å²) in [5, 5.41) is 0.336. The van der Waals surface area contributed by atoms with Crippen LogP contribution in [0.15, 0.2) is 29.4 Å². The van der Waals surface area contributed by atoms with Gasteiger partial charge in [-0.05, 0) is 24.6 Å². The normalized spacial score (nSPS) is 11.7. The van der Waals surface area contributed by atoms with E-state index in [0.29, 0.717) is 16.4 Å². The van der Waals surface area contributed by atoms with Gasteiger partial charge in [0.2, 0.25) is 10.0 Å². The van der Waals surface area contributed by atoms with Crippen molar-refractivity contribution in [3.63, 3.8) is 0 Å². The molecule has 1 heterocycles. The predicted molar refractivity (Wildman–Crippen MR) is 73.2 cm³/mol. The highest BCUT2D eigenvalue weighted by Gasteiger charge is 2.18. The first-order valence-corrected chi connectivity index (χ1v) is 7.30. The highest BCUT2D eigenvalue weighted by Crippen LogP contribution is 2.26. The number of nitrogens with zero attached hydrogens (tertiary/aromatic N) is 1. The molecular weight excluding hydrogens is 288 g/mol. The zero-order valence-corrected chi connectivity index (χ0v) is 11.7. The van der Waals surface area contributed by atoms with Crippen LogP contribution in [-0.2, 0) is 16.6 Å². The first-order chi connectivity index (χ1) is 8.90. The van der Waals surface area contributed by atoms with Crippen LogP contribution in [0.3, 0.4) is 0 Å². The number of aryl methyl sites for hydroxylation is 1. The van der Waals surface area contributed by atoms with Gasteiger partial charge in [-0.1, -0.05) is 11.6 Å². The number of anilines is 1. The van der Waals surface area contributed by atoms with E-state index in [1.54, 1.807) is 19.3 Å². The summed E-state index contributed by atoms with van der Waals surface area (Å²) >= 11 is 5.84. The fraction of sp³-hybridized carbons (Fsp3) is 0.182. The maximum Gasteiger partial charge on any atom is 0.241 e. The number of halogens is 1. The summed E-state index contributed by atoms with van der Waals surface area (Å²) in [5.74, 6) is 0.531. The molecule has 0 aliphatic carbocycles. The summed E-state index contributed by atoms with van der Waals surface area (Å²) in [6.07, 6.45) is 3.17. The Morgan fingerprint density at radius 1 is 1.47 bits per heavy atom. The number of nitrogens with two attached hydrogens (primary N) is 1. The molecule has 0 radical (unpaired) electrons. The number of H-pyrrole nitrogens is 1. The molecule has 19 heavy (non-hydrogen) atoms. The largest absolute Gasteiger partial charge is 0.397 e. The third-order valence-electron chi connectivity index (χ3n) is 2.57. The van der Waals surface area contributed by atoms with Crippen LogP contribution in [-0.4, -0.2) is 18.4 Å². The number of aromatic nitrogens is 2. The summed E-state index contributed by atoms with van der Waals surface area (Å²) in [6, 6.07) is 2.88. The Bertz CT molecular complexity index is 683. The van der Waals surface area contributed by atoms with Crippen LogP contribution in [0, 0.1) is 6.92 Å². The van der Waals surface area contributed by atoms with Crippen LogP contribution in [0.5, 0.6) is 0 Å². The molecule has 0 amide bonds. The van der Waals surface area contributed by atoms with Gasteiger partial charge in [-0.25, -0.2) is 18.1 Å². The number of sulfonamides is 1. The predicted octanol–water partition coefficient (Wildman–Crippen LogP) is 1.43. The Kier molecular flexibility index (Phi) is 3.79. The number of nitrogens with one attached hydrogen (secondary N) is 2. The van der Waals surface area contributed by atoms with E-state index in [2.05, 4.69) is 14.7 Å². The molecule has 0 bridgehead atoms. The van der Waals surface area contributed by atoms with Gasteiger partial charge >= 0.3 is 0 Å². The third kappa shape index (κ3) is 3.06. The van der Waals surface area contributed by atoms with Gasteiger partial charge in [0.1, 0.15) is 5.82 Å². The van der Waals surface area contributed by atoms with Gasteiger partial charge in [0.25, 0.3) is 0 Å². The molecule has 1 aromatic carbocycles. The molecule has 4 N–H and O–H groups in total. The molecule has 0 fully saturated rings. The smallest absolute Gasteiger partial charge is 0.241 e. The lowest BCUT2D eigenvalue weighted by atomic mass is 10.2. The molecule has 0 atom stereocenters. The Hall–Kier alpha value is -1.57. The molecule has 1 aromatic heterocycles. The molecule has 0 aliphatic heterocycles. The Morgan fingerprint density at radius 3 is 2.84 bits per heavy atom. The van der Waals surface area contributed by atoms with Crippen molar-refractivity contribution in [2.24, 2.45) is 0 Å². The minimum Gasteiger partial charge on any atom is -0.397 e. The lowest BCUT2D eigenvalue weighted by molar-refractivity contribution is 0.579. The summed E-state index contributed by atoms with van der Waals surface area (Å²) < 4.78 is 26.8. The Labute approximate surface area is 116 Å². The summed E-state index contributed by atoms with van der Waals surface area (Å²) in [5.41, 5.74) is 6.40. The molecule has 102 valence electrons. The second-order valence-electron chi connectivity index (χ2n) is 4.00. The van der Waals surface area contributed by atoms with Crippen LogP contribution in [0.25, 0.3) is 0 Å². The monoisotopic (exact) mass is 300 g/mol. The van der Waals surface area contributed by atoms with Crippen LogP contribution in [0.4, 0.5) is 5.69 Å². The van der Waals surface area contributed by atoms with Gasteiger partial charge in [-0.15, -0.1) is 0 Å². The molecule has 0 spiro atoms. The highest BCUT2D eigenvalue weighted by molar-refractivity contribution is 7.89. The number of imidazole rings is 1. The summed E-state index contributed by atoms with van der Waals surface area (Å²) in [7, 11) is -3.65. The number of benzene rings is 1. The first kappa shape index (κ1) is 13.9. The van der Waals surface area contributed by atoms with Crippen molar-refractivity contribution in [2.75, 3.05) is 5.73 Å². The zero-order valence-electron chi connectivity index (χ0n) is 10.1. The van der Waals surface area contributed by atoms with E-state index >= 15 is 0 Å². The molecule has 2 rings (SSSR count). The van der Waals surface area contributed by atoms with Crippen LogP contribution in [0.1, 0.15) is 11.4 Å². The second-order valence-corrected chi connectivity index (χ2v) is 6.14. The SMILES string of the molecule is Cc1cc(Cl)c(N)cc1S(=O)(=O)NCc1ncc[nH]1. The van der Waals surface area contributed by atoms with E-state index in [1.807, 2.05) is 0 Å². The van der Waals surface area contributed by atoms with Crippen LogP contribution >= 0.6 is 11.6 Å². The van der Waals surface area contributed by atoms with E-state index < -0.39 is 10.0 Å². The van der Waals surface area contributed by atoms with Gasteiger partial charge in [0.05, 0.1) is 22.2 Å². The maximum atomic E-state index is 12.2. The quantitative estimate of drug-likeness (QED) is 0.744. The fourth-order valence-electron chi connectivity index (χ4n) is 1.59. The molecule has 0 saturated carbocycles. The minimum absolute atomic E-state index is 0.0807. The second kappa shape index (κ2) is 5.20. The third-order valence-corrected chi connectivity index (χ3v) is 4.44. The van der Waals surface area contributed by atoms with Crippen molar-refractivity contribution < 1.29 is 8.42 Å². The number of aromatic amines is 1. The van der Waals surface area contributed by atoms with Crippen molar-refractivity contribution >= 4 is 27.3 Å². The van der Waals surface area contributed by atoms with Crippen molar-refractivity contribution in [3.05, 3.63) is 40.9 Å². The van der Waals surface area contributed by atoms with E-state index in [-0.39, 0.29) is 17.1 Å². The van der Waals surface area contributed by atoms with Gasteiger partial charge in [-0.3, -0.25) is 0 Å². The van der Waals surface area contributed by atoms with Crippen molar-refractivity contribution in [1.82, 2.24) is 14.7 Å². The summed E-state index contributed by atoms with van der Waals surface area (Å²) in [6.45, 7) is 1.74. The molecule has 0 aliphatic rings. The molecular formula is C11H13ClN4O2S. The maximum absolute atomic E-state index is 12.2. The summed E-state index contributed by atoms with van der Waals surface area (Å²) in [4.78, 5) is 6.86. The lowest BCUT2D eigenvalue weighted by Gasteiger charge is -2.10. The lowest BCUT2D eigenvalue weighted by Crippen LogP contribution is -2.24. The standard InChI is InChI=1S/C11H13ClN4O2S/c1-7-4-8(12)9(13)5-10(7)19(17,18)16-6-11-14-2-3-15-11/h2-5,16H,6,13H2,1H3,(H,14,15). The Balaban J connectivity index is 2.27. The molecule has 6 nitrogen and oxygen atoms in total. The fourth-order valence-corrected chi connectivity index (χ4v) is 3.06. The minimum atomic E-state index is -3.65. The van der Waals surface area contributed by atoms with Crippen LogP contribution in [0.2, 0.25) is 5.02 Å². The molecule has 0 saturated heterocycles. The van der Waals surface area contributed by atoms with E-state index in [0.717, 1.165) is 0 Å². The Morgan fingerprint density at radius 2 is 2.21 bits per heavy atom. The van der Waals surface area contributed by atoms with Gasteiger partial charge in [0, 0.05) is 12.4 Å². The number of hydrogen-bond acceptors (Lipinski definition) is 4. The molecule has 2 aromatic rings. The van der Waals surface area contributed by atoms with E-state index in [1.165, 1.54) is 12.1 Å². The topological polar surface area (TPSA) is 101 Å². The number of rotatable bonds is 4. The van der Waals surface area contributed by atoms with E-state index in [4.69, 9.17) is 17.3 Å². The zero-order chi connectivity index (χ0) is 14.0.